The lowest BCUT2D eigenvalue weighted by Gasteiger charge is -2.15. The Morgan fingerprint density at radius 3 is 2.55 bits per heavy atom. The predicted molar refractivity (Wildman–Crippen MR) is 120 cm³/mol. The van der Waals surface area contributed by atoms with Crippen LogP contribution in [0.1, 0.15) is 46.8 Å². The lowest BCUT2D eigenvalue weighted by Crippen LogP contribution is -2.09. The van der Waals surface area contributed by atoms with Crippen LogP contribution in [0.25, 0.3) is 0 Å². The standard InChI is InChI=1S/C25H28O8/c1-14(7-11-21(26)33-19-10-8-16(29-3)12-20(19)30-4)6-9-17-23(27)22-18(13-32-25(22)28)15(2)24(17)31-5/h6,8,10,12,27H,7,9,11,13H2,1-5H3/b14-6+. The normalized spacial score (nSPS) is 12.8. The topological polar surface area (TPSA) is 101 Å². The Balaban J connectivity index is 1.67. The van der Waals surface area contributed by atoms with Gasteiger partial charge in [-0.25, -0.2) is 4.79 Å². The minimum Gasteiger partial charge on any atom is -0.507 e. The molecule has 8 nitrogen and oxygen atoms in total. The van der Waals surface area contributed by atoms with E-state index in [1.807, 2.05) is 19.9 Å². The molecular weight excluding hydrogens is 428 g/mol. The third-order valence-corrected chi connectivity index (χ3v) is 5.62. The first-order valence-electron chi connectivity index (χ1n) is 10.5. The van der Waals surface area contributed by atoms with Crippen LogP contribution >= 0.6 is 0 Å². The third kappa shape index (κ3) is 5.05. The zero-order valence-corrected chi connectivity index (χ0v) is 19.4. The van der Waals surface area contributed by atoms with Crippen molar-refractivity contribution in [1.29, 1.82) is 0 Å². The highest BCUT2D eigenvalue weighted by molar-refractivity contribution is 5.98. The van der Waals surface area contributed by atoms with Gasteiger partial charge in [0.25, 0.3) is 0 Å². The molecule has 0 aliphatic carbocycles. The van der Waals surface area contributed by atoms with E-state index in [-0.39, 0.29) is 24.3 Å². The minimum absolute atomic E-state index is 0.120. The van der Waals surface area contributed by atoms with E-state index in [1.54, 1.807) is 25.3 Å². The van der Waals surface area contributed by atoms with E-state index in [2.05, 4.69) is 0 Å². The van der Waals surface area contributed by atoms with Crippen LogP contribution in [-0.4, -0.2) is 38.4 Å². The van der Waals surface area contributed by atoms with Gasteiger partial charge in [-0.3, -0.25) is 4.79 Å². The molecule has 8 heteroatoms. The van der Waals surface area contributed by atoms with E-state index in [1.165, 1.54) is 14.2 Å². The van der Waals surface area contributed by atoms with Crippen molar-refractivity contribution >= 4 is 11.9 Å². The zero-order valence-electron chi connectivity index (χ0n) is 19.4. The molecular formula is C25H28O8. The molecule has 0 saturated heterocycles. The number of phenols is 1. The molecule has 3 rings (SSSR count). The quantitative estimate of drug-likeness (QED) is 0.339. The molecule has 0 aromatic heterocycles. The summed E-state index contributed by atoms with van der Waals surface area (Å²) in [6.45, 7) is 3.85. The maximum atomic E-state index is 12.3. The number of allylic oxidation sites excluding steroid dienone is 2. The van der Waals surface area contributed by atoms with E-state index in [0.29, 0.717) is 47.0 Å². The van der Waals surface area contributed by atoms with Gasteiger partial charge in [-0.05, 0) is 44.4 Å². The van der Waals surface area contributed by atoms with Crippen molar-refractivity contribution in [1.82, 2.24) is 0 Å². The first kappa shape index (κ1) is 24.0. The van der Waals surface area contributed by atoms with Gasteiger partial charge in [-0.2, -0.15) is 0 Å². The summed E-state index contributed by atoms with van der Waals surface area (Å²) in [7, 11) is 4.55. The van der Waals surface area contributed by atoms with Gasteiger partial charge in [0, 0.05) is 23.6 Å². The Morgan fingerprint density at radius 1 is 1.12 bits per heavy atom. The van der Waals surface area contributed by atoms with E-state index in [9.17, 15) is 14.7 Å². The number of cyclic esters (lactones) is 1. The van der Waals surface area contributed by atoms with Gasteiger partial charge in [0.05, 0.1) is 21.3 Å². The Morgan fingerprint density at radius 2 is 1.88 bits per heavy atom. The maximum Gasteiger partial charge on any atom is 0.342 e. The fourth-order valence-corrected chi connectivity index (χ4v) is 3.74. The highest BCUT2D eigenvalue weighted by Gasteiger charge is 2.31. The summed E-state index contributed by atoms with van der Waals surface area (Å²) in [6, 6.07) is 4.95. The number of hydrogen-bond donors (Lipinski definition) is 1. The molecule has 0 saturated carbocycles. The molecule has 0 bridgehead atoms. The van der Waals surface area contributed by atoms with Crippen molar-refractivity contribution in [3.05, 3.63) is 52.1 Å². The van der Waals surface area contributed by atoms with Gasteiger partial charge in [-0.15, -0.1) is 0 Å². The Bertz CT molecular complexity index is 1100. The molecule has 0 atom stereocenters. The number of carbonyl (C=O) groups is 2. The summed E-state index contributed by atoms with van der Waals surface area (Å²) in [6.07, 6.45) is 2.86. The van der Waals surface area contributed by atoms with Crippen LogP contribution < -0.4 is 18.9 Å². The SMILES string of the molecule is COc1ccc(OC(=O)CC/C(C)=C/Cc2c(O)c3c(c(C)c2OC)COC3=O)c(OC)c1. The number of esters is 2. The molecule has 0 spiro atoms. The molecule has 1 aliphatic rings. The lowest BCUT2D eigenvalue weighted by atomic mass is 9.94. The monoisotopic (exact) mass is 456 g/mol. The Kier molecular flexibility index (Phi) is 7.48. The number of carbonyl (C=O) groups excluding carboxylic acids is 2. The average molecular weight is 456 g/mol. The molecule has 2 aromatic carbocycles. The number of benzene rings is 2. The van der Waals surface area contributed by atoms with Gasteiger partial charge >= 0.3 is 11.9 Å². The number of ether oxygens (including phenoxy) is 5. The van der Waals surface area contributed by atoms with Crippen molar-refractivity contribution in [3.63, 3.8) is 0 Å². The van der Waals surface area contributed by atoms with Gasteiger partial charge < -0.3 is 28.8 Å². The van der Waals surface area contributed by atoms with E-state index in [0.717, 1.165) is 11.1 Å². The average Bonchev–Trinajstić information content (AvgIpc) is 3.21. The van der Waals surface area contributed by atoms with Crippen molar-refractivity contribution in [2.75, 3.05) is 21.3 Å². The predicted octanol–water partition coefficient (Wildman–Crippen LogP) is 4.27. The first-order chi connectivity index (χ1) is 15.8. The number of rotatable bonds is 9. The van der Waals surface area contributed by atoms with Crippen LogP contribution in [0.4, 0.5) is 0 Å². The smallest absolute Gasteiger partial charge is 0.342 e. The van der Waals surface area contributed by atoms with Crippen molar-refractivity contribution in [2.45, 2.75) is 39.7 Å². The largest absolute Gasteiger partial charge is 0.507 e. The van der Waals surface area contributed by atoms with Crippen molar-refractivity contribution in [3.8, 4) is 28.7 Å². The zero-order chi connectivity index (χ0) is 24.1. The molecule has 33 heavy (non-hydrogen) atoms. The van der Waals surface area contributed by atoms with Gasteiger partial charge in [0.1, 0.15) is 29.4 Å². The number of fused-ring (bicyclic) bond motifs is 1. The molecule has 1 N–H and O–H groups in total. The Hall–Kier alpha value is -3.68. The van der Waals surface area contributed by atoms with Crippen LogP contribution in [0.15, 0.2) is 29.8 Å². The van der Waals surface area contributed by atoms with Crippen molar-refractivity contribution in [2.24, 2.45) is 0 Å². The van der Waals surface area contributed by atoms with E-state index in [4.69, 9.17) is 23.7 Å². The second kappa shape index (κ2) is 10.3. The van der Waals surface area contributed by atoms with Crippen LogP contribution in [0.5, 0.6) is 28.7 Å². The highest BCUT2D eigenvalue weighted by Crippen LogP contribution is 2.42. The first-order valence-corrected chi connectivity index (χ1v) is 10.5. The molecule has 0 amide bonds. The summed E-state index contributed by atoms with van der Waals surface area (Å²) in [5.74, 6) is 0.793. The third-order valence-electron chi connectivity index (χ3n) is 5.62. The number of phenolic OH excluding ortho intramolecular Hbond substituents is 1. The van der Waals surface area contributed by atoms with Gasteiger partial charge in [0.2, 0.25) is 0 Å². The maximum absolute atomic E-state index is 12.3. The highest BCUT2D eigenvalue weighted by atomic mass is 16.6. The number of aromatic hydroxyl groups is 1. The van der Waals surface area contributed by atoms with E-state index >= 15 is 0 Å². The van der Waals surface area contributed by atoms with Gasteiger partial charge in [-0.1, -0.05) is 11.6 Å². The summed E-state index contributed by atoms with van der Waals surface area (Å²) in [5.41, 5.74) is 3.06. The minimum atomic E-state index is -0.535. The summed E-state index contributed by atoms with van der Waals surface area (Å²) < 4.78 is 26.4. The number of methoxy groups -OCH3 is 3. The molecule has 0 unspecified atom stereocenters. The lowest BCUT2D eigenvalue weighted by molar-refractivity contribution is -0.134. The van der Waals surface area contributed by atoms with Crippen LogP contribution in [0.3, 0.4) is 0 Å². The Labute approximate surface area is 192 Å². The summed E-state index contributed by atoms with van der Waals surface area (Å²) in [4.78, 5) is 24.4. The van der Waals surface area contributed by atoms with Gasteiger partial charge in [0.15, 0.2) is 11.5 Å². The second-order valence-corrected chi connectivity index (χ2v) is 7.66. The fourth-order valence-electron chi connectivity index (χ4n) is 3.74. The summed E-state index contributed by atoms with van der Waals surface area (Å²) >= 11 is 0. The number of hydrogen-bond acceptors (Lipinski definition) is 8. The fraction of sp³-hybridized carbons (Fsp3) is 0.360. The van der Waals surface area contributed by atoms with E-state index < -0.39 is 11.9 Å². The molecule has 176 valence electrons. The molecule has 2 aromatic rings. The summed E-state index contributed by atoms with van der Waals surface area (Å²) in [5, 5.41) is 10.7. The molecule has 0 radical (unpaired) electrons. The molecule has 0 fully saturated rings. The van der Waals surface area contributed by atoms with Crippen LogP contribution in [-0.2, 0) is 22.6 Å². The van der Waals surface area contributed by atoms with Crippen LogP contribution in [0.2, 0.25) is 0 Å². The molecule has 1 heterocycles. The van der Waals surface area contributed by atoms with Crippen LogP contribution in [0, 0.1) is 6.92 Å². The molecule has 1 aliphatic heterocycles. The van der Waals surface area contributed by atoms with Crippen molar-refractivity contribution < 1.29 is 38.4 Å². The second-order valence-electron chi connectivity index (χ2n) is 7.66.